The number of carbonyl (C=O) groups is 1. The molecule has 1 saturated heterocycles. The van der Waals surface area contributed by atoms with Crippen molar-refractivity contribution in [1.82, 2.24) is 24.6 Å². The summed E-state index contributed by atoms with van der Waals surface area (Å²) < 4.78 is 1.84. The van der Waals surface area contributed by atoms with E-state index in [1.54, 1.807) is 11.3 Å². The van der Waals surface area contributed by atoms with Crippen molar-refractivity contribution in [2.75, 3.05) is 13.1 Å². The van der Waals surface area contributed by atoms with Crippen LogP contribution >= 0.6 is 11.3 Å². The fraction of sp³-hybridized carbons (Fsp3) is 0.333. The molecule has 1 fully saturated rings. The lowest BCUT2D eigenvalue weighted by Gasteiger charge is -2.32. The Labute approximate surface area is 185 Å². The van der Waals surface area contributed by atoms with Crippen molar-refractivity contribution in [2.45, 2.75) is 32.1 Å². The van der Waals surface area contributed by atoms with Crippen LogP contribution in [0.25, 0.3) is 11.0 Å². The summed E-state index contributed by atoms with van der Waals surface area (Å²) in [6, 6.07) is 14.4. The molecule has 4 aromatic rings. The third-order valence-corrected chi connectivity index (χ3v) is 6.84. The van der Waals surface area contributed by atoms with Crippen molar-refractivity contribution in [3.63, 3.8) is 0 Å². The highest BCUT2D eigenvalue weighted by Gasteiger charge is 2.28. The molecule has 6 nitrogen and oxygen atoms in total. The van der Waals surface area contributed by atoms with Crippen LogP contribution in [0.2, 0.25) is 0 Å². The molecule has 1 atom stereocenters. The van der Waals surface area contributed by atoms with Crippen molar-refractivity contribution in [3.05, 3.63) is 75.5 Å². The highest BCUT2D eigenvalue weighted by molar-refractivity contribution is 7.09. The minimum absolute atomic E-state index is 0.0257. The number of likely N-dealkylation sites (tertiary alicyclic amines) is 1. The first-order valence-corrected chi connectivity index (χ1v) is 11.5. The second-order valence-corrected chi connectivity index (χ2v) is 9.14. The summed E-state index contributed by atoms with van der Waals surface area (Å²) in [6.07, 6.45) is 2.77. The summed E-state index contributed by atoms with van der Waals surface area (Å²) in [4.78, 5) is 24.6. The number of rotatable bonds is 4. The average Bonchev–Trinajstić information content (AvgIpc) is 3.38. The Morgan fingerprint density at radius 2 is 2.00 bits per heavy atom. The zero-order valence-corrected chi connectivity index (χ0v) is 18.6. The number of aromatic nitrogens is 4. The van der Waals surface area contributed by atoms with Gasteiger partial charge in [0.05, 0.1) is 10.7 Å². The van der Waals surface area contributed by atoms with Crippen molar-refractivity contribution in [2.24, 2.45) is 7.05 Å². The number of aryl methyl sites for hydroxylation is 2. The summed E-state index contributed by atoms with van der Waals surface area (Å²) >= 11 is 1.56. The number of hydrogen-bond acceptors (Lipinski definition) is 5. The van der Waals surface area contributed by atoms with E-state index in [1.165, 1.54) is 5.56 Å². The lowest BCUT2D eigenvalue weighted by atomic mass is 9.94. The molecule has 1 aromatic carbocycles. The van der Waals surface area contributed by atoms with Crippen LogP contribution in [0.5, 0.6) is 0 Å². The molecule has 1 aliphatic rings. The number of fused-ring (bicyclic) bond motifs is 1. The van der Waals surface area contributed by atoms with Crippen LogP contribution in [0.15, 0.2) is 47.8 Å². The molecule has 0 saturated carbocycles. The van der Waals surface area contributed by atoms with Gasteiger partial charge in [-0.3, -0.25) is 9.48 Å². The minimum Gasteiger partial charge on any atom is -0.337 e. The van der Waals surface area contributed by atoms with E-state index in [2.05, 4.69) is 34.3 Å². The molecule has 5 rings (SSSR count). The van der Waals surface area contributed by atoms with Gasteiger partial charge in [0.2, 0.25) is 0 Å². The molecule has 7 heteroatoms. The molecule has 0 spiro atoms. The molecule has 3 aromatic heterocycles. The van der Waals surface area contributed by atoms with Gasteiger partial charge >= 0.3 is 0 Å². The molecule has 0 radical (unpaired) electrons. The van der Waals surface area contributed by atoms with E-state index in [0.717, 1.165) is 53.2 Å². The number of amides is 1. The van der Waals surface area contributed by atoms with Crippen LogP contribution in [0.4, 0.5) is 0 Å². The van der Waals surface area contributed by atoms with Crippen molar-refractivity contribution < 1.29 is 4.79 Å². The summed E-state index contributed by atoms with van der Waals surface area (Å²) in [5.41, 5.74) is 4.70. The summed E-state index contributed by atoms with van der Waals surface area (Å²) in [5.74, 6) is 0.262. The summed E-state index contributed by atoms with van der Waals surface area (Å²) in [7, 11) is 1.93. The molecule has 0 bridgehead atoms. The molecule has 0 unspecified atom stereocenters. The van der Waals surface area contributed by atoms with Gasteiger partial charge in [-0.25, -0.2) is 9.97 Å². The van der Waals surface area contributed by atoms with Gasteiger partial charge in [-0.05, 0) is 37.5 Å². The number of benzene rings is 1. The Morgan fingerprint density at radius 1 is 1.16 bits per heavy atom. The minimum atomic E-state index is 0.0257. The maximum Gasteiger partial charge on any atom is 0.273 e. The maximum absolute atomic E-state index is 13.1. The lowest BCUT2D eigenvalue weighted by molar-refractivity contribution is 0.0700. The van der Waals surface area contributed by atoms with Crippen molar-refractivity contribution >= 4 is 28.3 Å². The second kappa shape index (κ2) is 8.23. The Bertz CT molecular complexity index is 1230. The van der Waals surface area contributed by atoms with Crippen LogP contribution in [-0.4, -0.2) is 43.6 Å². The first-order chi connectivity index (χ1) is 15.1. The normalized spacial score (nSPS) is 16.7. The van der Waals surface area contributed by atoms with Crippen LogP contribution in [0.1, 0.15) is 51.2 Å². The lowest BCUT2D eigenvalue weighted by Crippen LogP contribution is -2.39. The van der Waals surface area contributed by atoms with E-state index >= 15 is 0 Å². The fourth-order valence-corrected chi connectivity index (χ4v) is 5.17. The Morgan fingerprint density at radius 3 is 2.84 bits per heavy atom. The van der Waals surface area contributed by atoms with Gasteiger partial charge in [-0.15, -0.1) is 11.3 Å². The van der Waals surface area contributed by atoms with E-state index in [-0.39, 0.29) is 11.8 Å². The first kappa shape index (κ1) is 19.9. The highest BCUT2D eigenvalue weighted by atomic mass is 32.1. The van der Waals surface area contributed by atoms with Gasteiger partial charge in [-0.2, -0.15) is 5.10 Å². The topological polar surface area (TPSA) is 63.9 Å². The fourth-order valence-electron chi connectivity index (χ4n) is 4.37. The quantitative estimate of drug-likeness (QED) is 0.482. The predicted molar refractivity (Wildman–Crippen MR) is 122 cm³/mol. The van der Waals surface area contributed by atoms with Gasteiger partial charge in [-0.1, -0.05) is 30.3 Å². The molecule has 158 valence electrons. The Balaban J connectivity index is 1.31. The smallest absolute Gasteiger partial charge is 0.273 e. The van der Waals surface area contributed by atoms with Gasteiger partial charge < -0.3 is 4.90 Å². The Hall–Kier alpha value is -3.06. The van der Waals surface area contributed by atoms with E-state index in [9.17, 15) is 4.79 Å². The molecule has 31 heavy (non-hydrogen) atoms. The number of carbonyl (C=O) groups excluding carboxylic acids is 1. The highest BCUT2D eigenvalue weighted by Crippen LogP contribution is 2.29. The van der Waals surface area contributed by atoms with Crippen LogP contribution in [0, 0.1) is 6.92 Å². The van der Waals surface area contributed by atoms with Crippen molar-refractivity contribution in [3.8, 4) is 0 Å². The largest absolute Gasteiger partial charge is 0.337 e. The van der Waals surface area contributed by atoms with E-state index in [0.29, 0.717) is 12.2 Å². The van der Waals surface area contributed by atoms with Gasteiger partial charge in [0, 0.05) is 48.9 Å². The maximum atomic E-state index is 13.1. The zero-order chi connectivity index (χ0) is 21.4. The van der Waals surface area contributed by atoms with E-state index < -0.39 is 0 Å². The van der Waals surface area contributed by atoms with E-state index in [4.69, 9.17) is 4.98 Å². The van der Waals surface area contributed by atoms with Crippen LogP contribution in [0.3, 0.4) is 0 Å². The van der Waals surface area contributed by atoms with Gasteiger partial charge in [0.25, 0.3) is 5.91 Å². The second-order valence-electron chi connectivity index (χ2n) is 8.20. The number of piperidine rings is 1. The molecular formula is C24H25N5OS. The third kappa shape index (κ3) is 3.97. The van der Waals surface area contributed by atoms with Gasteiger partial charge in [0.15, 0.2) is 5.65 Å². The number of pyridine rings is 1. The summed E-state index contributed by atoms with van der Waals surface area (Å²) in [6.45, 7) is 3.46. The van der Waals surface area contributed by atoms with Gasteiger partial charge in [0.1, 0.15) is 5.69 Å². The Kier molecular flexibility index (Phi) is 5.28. The molecular weight excluding hydrogens is 406 g/mol. The number of nitrogens with zero attached hydrogens (tertiary/aromatic N) is 5. The predicted octanol–water partition coefficient (Wildman–Crippen LogP) is 4.34. The van der Waals surface area contributed by atoms with E-state index in [1.807, 2.05) is 47.1 Å². The zero-order valence-electron chi connectivity index (χ0n) is 17.8. The number of hydrogen-bond donors (Lipinski definition) is 0. The molecule has 0 N–H and O–H groups in total. The molecule has 1 aliphatic heterocycles. The van der Waals surface area contributed by atoms with Crippen LogP contribution < -0.4 is 0 Å². The SMILES string of the molecule is Cc1nn(C)c2nc([C@H]3CCCN(C(=O)c4csc(Cc5ccccc5)n4)C3)ccc12. The molecule has 4 heterocycles. The van der Waals surface area contributed by atoms with Crippen molar-refractivity contribution in [1.29, 1.82) is 0 Å². The standard InChI is InChI=1S/C24H25N5OS/c1-16-19-10-11-20(26-23(19)28(2)27-16)18-9-6-12-29(14-18)24(30)21-15-31-22(25-21)13-17-7-4-3-5-8-17/h3-5,7-8,10-11,15,18H,6,9,12-14H2,1-2H3/t18-/m0/s1. The first-order valence-electron chi connectivity index (χ1n) is 10.7. The molecule has 0 aliphatic carbocycles. The molecule has 1 amide bonds. The summed E-state index contributed by atoms with van der Waals surface area (Å²) in [5, 5.41) is 8.43. The third-order valence-electron chi connectivity index (χ3n) is 5.99. The average molecular weight is 432 g/mol. The van der Waals surface area contributed by atoms with Crippen LogP contribution in [-0.2, 0) is 13.5 Å². The number of thiazole rings is 1. The monoisotopic (exact) mass is 431 g/mol.